The fourth-order valence-corrected chi connectivity index (χ4v) is 0.978. The SMILES string of the molecule is CCCCC(N=C=O)=S(=O)=O. The van der Waals surface area contributed by atoms with Gasteiger partial charge in [-0.15, -0.1) is 0 Å². The van der Waals surface area contributed by atoms with Crippen molar-refractivity contribution in [3.05, 3.63) is 0 Å². The summed E-state index contributed by atoms with van der Waals surface area (Å²) in [5, 5.41) is 0. The summed E-state index contributed by atoms with van der Waals surface area (Å²) in [6.07, 6.45) is 3.11. The molecular formula is C6H9NO3S. The van der Waals surface area contributed by atoms with Gasteiger partial charge in [0.1, 0.15) is 0 Å². The monoisotopic (exact) mass is 175 g/mol. The van der Waals surface area contributed by atoms with E-state index < -0.39 is 10.3 Å². The topological polar surface area (TPSA) is 63.6 Å². The van der Waals surface area contributed by atoms with E-state index in [0.717, 1.165) is 6.42 Å². The summed E-state index contributed by atoms with van der Waals surface area (Å²) in [6.45, 7) is 1.93. The molecule has 0 heterocycles. The third-order valence-electron chi connectivity index (χ3n) is 1.11. The molecule has 0 aliphatic rings. The van der Waals surface area contributed by atoms with Gasteiger partial charge >= 0.3 is 0 Å². The van der Waals surface area contributed by atoms with Crippen molar-refractivity contribution in [3.63, 3.8) is 0 Å². The lowest BCUT2D eigenvalue weighted by molar-refractivity contribution is 0.565. The highest BCUT2D eigenvalue weighted by atomic mass is 32.2. The highest BCUT2D eigenvalue weighted by molar-refractivity contribution is 7.72. The molecule has 0 spiro atoms. The highest BCUT2D eigenvalue weighted by Gasteiger charge is 1.96. The van der Waals surface area contributed by atoms with E-state index in [1.807, 2.05) is 6.92 Å². The maximum Gasteiger partial charge on any atom is 0.241 e. The quantitative estimate of drug-likeness (QED) is 0.357. The maximum absolute atomic E-state index is 10.3. The Morgan fingerprint density at radius 1 is 1.55 bits per heavy atom. The summed E-state index contributed by atoms with van der Waals surface area (Å²) in [6, 6.07) is 0. The van der Waals surface area contributed by atoms with E-state index in [1.54, 1.807) is 0 Å². The third kappa shape index (κ3) is 4.47. The van der Waals surface area contributed by atoms with Crippen LogP contribution in [0.2, 0.25) is 0 Å². The van der Waals surface area contributed by atoms with Gasteiger partial charge in [0.25, 0.3) is 0 Å². The molecule has 62 valence electrons. The predicted octanol–water partition coefficient (Wildman–Crippen LogP) is 0.521. The van der Waals surface area contributed by atoms with Crippen LogP contribution in [0.3, 0.4) is 0 Å². The fraction of sp³-hybridized carbons (Fsp3) is 0.667. The van der Waals surface area contributed by atoms with Crippen molar-refractivity contribution in [2.75, 3.05) is 0 Å². The smallest absolute Gasteiger partial charge is 0.211 e. The van der Waals surface area contributed by atoms with Crippen molar-refractivity contribution >= 4 is 21.4 Å². The molecule has 0 rings (SSSR count). The van der Waals surface area contributed by atoms with Crippen molar-refractivity contribution in [2.45, 2.75) is 26.2 Å². The minimum absolute atomic E-state index is 0.109. The Hall–Kier alpha value is -0.930. The van der Waals surface area contributed by atoms with E-state index in [2.05, 4.69) is 4.99 Å². The van der Waals surface area contributed by atoms with Crippen LogP contribution in [-0.2, 0) is 15.1 Å². The molecule has 0 amide bonds. The summed E-state index contributed by atoms with van der Waals surface area (Å²) in [5.74, 6) is 0. The standard InChI is InChI=1S/C6H9NO3S/c1-2-3-4-6(7-5-8)11(9)10/h2-4H2,1H3. The lowest BCUT2D eigenvalue weighted by Gasteiger charge is -1.89. The first-order valence-electron chi connectivity index (χ1n) is 3.25. The molecule has 0 aromatic carbocycles. The Labute approximate surface area is 66.5 Å². The van der Waals surface area contributed by atoms with Crippen LogP contribution in [0.15, 0.2) is 4.99 Å². The molecule has 0 radical (unpaired) electrons. The molecule has 0 N–H and O–H groups in total. The zero-order valence-electron chi connectivity index (χ0n) is 6.20. The van der Waals surface area contributed by atoms with Crippen LogP contribution in [0.4, 0.5) is 0 Å². The Kier molecular flexibility index (Phi) is 5.33. The fourth-order valence-electron chi connectivity index (χ4n) is 0.555. The van der Waals surface area contributed by atoms with Crippen molar-refractivity contribution in [1.82, 2.24) is 0 Å². The molecule has 0 aromatic rings. The van der Waals surface area contributed by atoms with Gasteiger partial charge in [-0.1, -0.05) is 13.3 Å². The second-order valence-corrected chi connectivity index (χ2v) is 2.88. The summed E-state index contributed by atoms with van der Waals surface area (Å²) >= 11 is 0. The highest BCUT2D eigenvalue weighted by Crippen LogP contribution is 1.95. The first kappa shape index (κ1) is 10.1. The van der Waals surface area contributed by atoms with E-state index in [0.29, 0.717) is 12.8 Å². The Bertz CT molecular complexity index is 277. The summed E-state index contributed by atoms with van der Waals surface area (Å²) < 4.78 is 20.6. The van der Waals surface area contributed by atoms with E-state index in [4.69, 9.17) is 0 Å². The summed E-state index contributed by atoms with van der Waals surface area (Å²) in [5.41, 5.74) is 0. The van der Waals surface area contributed by atoms with Crippen LogP contribution in [0, 0.1) is 0 Å². The lowest BCUT2D eigenvalue weighted by Crippen LogP contribution is -1.94. The zero-order chi connectivity index (χ0) is 8.69. The number of aliphatic imine (C=N–C) groups is 1. The van der Waals surface area contributed by atoms with Gasteiger partial charge < -0.3 is 0 Å². The Balaban J connectivity index is 4.39. The molecule has 5 heteroatoms. The van der Waals surface area contributed by atoms with Crippen molar-refractivity contribution < 1.29 is 13.2 Å². The van der Waals surface area contributed by atoms with Gasteiger partial charge in [-0.3, -0.25) is 0 Å². The normalized spacial score (nSPS) is 8.45. The van der Waals surface area contributed by atoms with E-state index >= 15 is 0 Å². The number of rotatable bonds is 3. The summed E-state index contributed by atoms with van der Waals surface area (Å²) in [4.78, 5) is 12.6. The predicted molar refractivity (Wildman–Crippen MR) is 41.6 cm³/mol. The van der Waals surface area contributed by atoms with Crippen molar-refractivity contribution in [2.24, 2.45) is 4.99 Å². The molecule has 0 saturated heterocycles. The Morgan fingerprint density at radius 3 is 2.55 bits per heavy atom. The van der Waals surface area contributed by atoms with Crippen LogP contribution in [0.25, 0.3) is 0 Å². The maximum atomic E-state index is 10.3. The first-order valence-corrected chi connectivity index (χ1v) is 4.32. The molecular weight excluding hydrogens is 166 g/mol. The lowest BCUT2D eigenvalue weighted by atomic mass is 10.2. The van der Waals surface area contributed by atoms with E-state index in [9.17, 15) is 13.2 Å². The van der Waals surface area contributed by atoms with Gasteiger partial charge in [0.15, 0.2) is 4.99 Å². The molecule has 0 aliphatic carbocycles. The number of isocyanates is 1. The molecule has 0 unspecified atom stereocenters. The van der Waals surface area contributed by atoms with Gasteiger partial charge in [0.2, 0.25) is 16.4 Å². The van der Waals surface area contributed by atoms with Crippen LogP contribution < -0.4 is 0 Å². The number of hydrogen-bond donors (Lipinski definition) is 0. The molecule has 11 heavy (non-hydrogen) atoms. The van der Waals surface area contributed by atoms with E-state index in [1.165, 1.54) is 6.08 Å². The number of unbranched alkanes of at least 4 members (excludes halogenated alkanes) is 1. The van der Waals surface area contributed by atoms with Crippen molar-refractivity contribution in [1.29, 1.82) is 0 Å². The van der Waals surface area contributed by atoms with Gasteiger partial charge in [-0.25, -0.2) is 4.79 Å². The third-order valence-corrected chi connectivity index (χ3v) is 1.79. The Morgan fingerprint density at radius 2 is 2.18 bits per heavy atom. The number of hydrogen-bond acceptors (Lipinski definition) is 3. The average molecular weight is 175 g/mol. The molecule has 0 bridgehead atoms. The molecule has 0 saturated carbocycles. The largest absolute Gasteiger partial charge is 0.241 e. The van der Waals surface area contributed by atoms with E-state index in [-0.39, 0.29) is 4.99 Å². The molecule has 0 aliphatic heterocycles. The number of nitrogens with zero attached hydrogens (tertiary/aromatic N) is 1. The van der Waals surface area contributed by atoms with Gasteiger partial charge in [0.05, 0.1) is 0 Å². The minimum Gasteiger partial charge on any atom is -0.211 e. The molecule has 4 nitrogen and oxygen atoms in total. The van der Waals surface area contributed by atoms with Gasteiger partial charge in [-0.05, 0) is 6.42 Å². The molecule has 0 aromatic heterocycles. The summed E-state index contributed by atoms with van der Waals surface area (Å²) in [7, 11) is -2.37. The molecule has 0 atom stereocenters. The van der Waals surface area contributed by atoms with Gasteiger partial charge in [0, 0.05) is 6.42 Å². The van der Waals surface area contributed by atoms with Crippen LogP contribution in [0.1, 0.15) is 26.2 Å². The zero-order valence-corrected chi connectivity index (χ0v) is 7.02. The van der Waals surface area contributed by atoms with Crippen LogP contribution >= 0.6 is 0 Å². The molecule has 0 fully saturated rings. The van der Waals surface area contributed by atoms with Crippen molar-refractivity contribution in [3.8, 4) is 0 Å². The second kappa shape index (κ2) is 5.82. The minimum atomic E-state index is -2.37. The number of carbonyl (C=O) groups excluding carboxylic acids is 1. The average Bonchev–Trinajstić information content (AvgIpc) is 1.97. The van der Waals surface area contributed by atoms with Crippen LogP contribution in [0.5, 0.6) is 0 Å². The van der Waals surface area contributed by atoms with Crippen LogP contribution in [-0.4, -0.2) is 19.5 Å². The van der Waals surface area contributed by atoms with Gasteiger partial charge in [-0.2, -0.15) is 13.4 Å². The first-order chi connectivity index (χ1) is 5.22. The second-order valence-electron chi connectivity index (χ2n) is 1.94.